The van der Waals surface area contributed by atoms with Gasteiger partial charge < -0.3 is 11.1 Å². The van der Waals surface area contributed by atoms with Crippen LogP contribution in [0.3, 0.4) is 0 Å². The Balaban J connectivity index is 2.08. The Morgan fingerprint density at radius 3 is 2.48 bits per heavy atom. The fourth-order valence-electron chi connectivity index (χ4n) is 1.57. The van der Waals surface area contributed by atoms with Gasteiger partial charge in [0, 0.05) is 17.8 Å². The zero-order chi connectivity index (χ0) is 15.4. The van der Waals surface area contributed by atoms with Crippen LogP contribution in [0.4, 0.5) is 20.2 Å². The highest BCUT2D eigenvalue weighted by Crippen LogP contribution is 2.23. The van der Waals surface area contributed by atoms with Gasteiger partial charge >= 0.3 is 0 Å². The Hall–Kier alpha value is -2.21. The molecule has 0 unspecified atom stereocenters. The van der Waals surface area contributed by atoms with E-state index in [4.69, 9.17) is 5.73 Å². The van der Waals surface area contributed by atoms with Gasteiger partial charge in [-0.25, -0.2) is 8.78 Å². The number of nitrogens with one attached hydrogen (secondary N) is 1. The normalized spacial score (nSPS) is 10.8. The predicted molar refractivity (Wildman–Crippen MR) is 82.6 cm³/mol. The van der Waals surface area contributed by atoms with Crippen LogP contribution in [-0.4, -0.2) is 5.91 Å². The average molecular weight is 353 g/mol. The third-order valence-electron chi connectivity index (χ3n) is 2.63. The van der Waals surface area contributed by atoms with E-state index in [1.54, 1.807) is 30.3 Å². The number of nitrogens with two attached hydrogens (primary N) is 1. The first-order valence-corrected chi connectivity index (χ1v) is 6.74. The van der Waals surface area contributed by atoms with Crippen molar-refractivity contribution in [3.8, 4) is 0 Å². The minimum atomic E-state index is -0.725. The quantitative estimate of drug-likeness (QED) is 0.499. The lowest BCUT2D eigenvalue weighted by Gasteiger charge is -2.05. The van der Waals surface area contributed by atoms with E-state index < -0.39 is 17.5 Å². The van der Waals surface area contributed by atoms with Crippen LogP contribution in [-0.2, 0) is 4.79 Å². The van der Waals surface area contributed by atoms with Crippen molar-refractivity contribution in [2.24, 2.45) is 0 Å². The molecule has 0 bridgehead atoms. The second kappa shape index (κ2) is 6.49. The minimum Gasteiger partial charge on any atom is -0.399 e. The van der Waals surface area contributed by atoms with Crippen molar-refractivity contribution < 1.29 is 13.6 Å². The van der Waals surface area contributed by atoms with Crippen LogP contribution >= 0.6 is 15.9 Å². The van der Waals surface area contributed by atoms with E-state index in [9.17, 15) is 13.6 Å². The van der Waals surface area contributed by atoms with Gasteiger partial charge in [0.15, 0.2) is 0 Å². The Labute approximate surface area is 128 Å². The summed E-state index contributed by atoms with van der Waals surface area (Å²) in [5, 5.41) is 2.27. The monoisotopic (exact) mass is 352 g/mol. The molecule has 6 heteroatoms. The molecule has 0 aromatic heterocycles. The van der Waals surface area contributed by atoms with Crippen molar-refractivity contribution in [1.82, 2.24) is 0 Å². The van der Waals surface area contributed by atoms with Crippen molar-refractivity contribution in [2.75, 3.05) is 11.1 Å². The standard InChI is InChI=1S/C15H11BrF2N2O/c16-11-7-13(18)14(8-12(11)17)20-15(21)6-3-9-1-4-10(19)5-2-9/h1-8H,19H2,(H,20,21)/b6-3+. The van der Waals surface area contributed by atoms with Crippen molar-refractivity contribution >= 4 is 39.3 Å². The molecule has 108 valence electrons. The van der Waals surface area contributed by atoms with Gasteiger partial charge in [0.1, 0.15) is 11.6 Å². The summed E-state index contributed by atoms with van der Waals surface area (Å²) in [7, 11) is 0. The number of anilines is 2. The summed E-state index contributed by atoms with van der Waals surface area (Å²) < 4.78 is 26.8. The third-order valence-corrected chi connectivity index (χ3v) is 3.24. The first kappa shape index (κ1) is 15.2. The zero-order valence-corrected chi connectivity index (χ0v) is 12.3. The van der Waals surface area contributed by atoms with Crippen LogP contribution in [0.25, 0.3) is 6.08 Å². The van der Waals surface area contributed by atoms with E-state index in [2.05, 4.69) is 21.2 Å². The molecule has 2 rings (SSSR count). The first-order chi connectivity index (χ1) is 9.95. The molecule has 3 N–H and O–H groups in total. The largest absolute Gasteiger partial charge is 0.399 e. The average Bonchev–Trinajstić information content (AvgIpc) is 2.44. The van der Waals surface area contributed by atoms with Crippen LogP contribution < -0.4 is 11.1 Å². The molecule has 0 saturated carbocycles. The van der Waals surface area contributed by atoms with Crippen LogP contribution in [0.1, 0.15) is 5.56 Å². The molecule has 0 spiro atoms. The highest BCUT2D eigenvalue weighted by molar-refractivity contribution is 9.10. The summed E-state index contributed by atoms with van der Waals surface area (Å²) >= 11 is 2.86. The molecule has 0 atom stereocenters. The van der Waals surface area contributed by atoms with Crippen molar-refractivity contribution in [2.45, 2.75) is 0 Å². The summed E-state index contributed by atoms with van der Waals surface area (Å²) in [4.78, 5) is 11.7. The van der Waals surface area contributed by atoms with Crippen molar-refractivity contribution in [3.05, 3.63) is 64.1 Å². The summed E-state index contributed by atoms with van der Waals surface area (Å²) in [5.41, 5.74) is 6.70. The number of rotatable bonds is 3. The second-order valence-electron chi connectivity index (χ2n) is 4.24. The number of hydrogen-bond donors (Lipinski definition) is 2. The van der Waals surface area contributed by atoms with Gasteiger partial charge in [-0.15, -0.1) is 0 Å². The van der Waals surface area contributed by atoms with Gasteiger partial charge in [0.25, 0.3) is 0 Å². The predicted octanol–water partition coefficient (Wildman–Crippen LogP) is 3.96. The smallest absolute Gasteiger partial charge is 0.248 e. The van der Waals surface area contributed by atoms with Gasteiger partial charge in [-0.3, -0.25) is 4.79 Å². The molecule has 0 aliphatic heterocycles. The van der Waals surface area contributed by atoms with Gasteiger partial charge in [0.2, 0.25) is 5.91 Å². The zero-order valence-electron chi connectivity index (χ0n) is 10.7. The molecule has 0 heterocycles. The Morgan fingerprint density at radius 1 is 1.14 bits per heavy atom. The molecule has 0 saturated heterocycles. The van der Waals surface area contributed by atoms with Crippen LogP contribution in [0.5, 0.6) is 0 Å². The van der Waals surface area contributed by atoms with Crippen LogP contribution in [0.15, 0.2) is 46.9 Å². The van der Waals surface area contributed by atoms with Crippen LogP contribution in [0.2, 0.25) is 0 Å². The maximum absolute atomic E-state index is 13.5. The topological polar surface area (TPSA) is 55.1 Å². The molecule has 0 fully saturated rings. The molecule has 2 aromatic rings. The number of benzene rings is 2. The van der Waals surface area contributed by atoms with E-state index in [1.165, 1.54) is 6.08 Å². The van der Waals surface area contributed by atoms with Gasteiger partial charge in [-0.05, 0) is 45.8 Å². The number of carbonyl (C=O) groups is 1. The lowest BCUT2D eigenvalue weighted by atomic mass is 10.2. The number of nitrogen functional groups attached to an aromatic ring is 1. The van der Waals surface area contributed by atoms with Crippen molar-refractivity contribution in [3.63, 3.8) is 0 Å². The third kappa shape index (κ3) is 4.13. The lowest BCUT2D eigenvalue weighted by molar-refractivity contribution is -0.111. The first-order valence-electron chi connectivity index (χ1n) is 5.95. The summed E-state index contributed by atoms with van der Waals surface area (Å²) in [5.74, 6) is -1.95. The van der Waals surface area contributed by atoms with E-state index in [0.29, 0.717) is 5.69 Å². The molecule has 1 amide bonds. The molecule has 21 heavy (non-hydrogen) atoms. The van der Waals surface area contributed by atoms with E-state index in [0.717, 1.165) is 17.7 Å². The van der Waals surface area contributed by atoms with Gasteiger partial charge in [-0.2, -0.15) is 0 Å². The second-order valence-corrected chi connectivity index (χ2v) is 5.09. The number of hydrogen-bond acceptors (Lipinski definition) is 2. The molecule has 3 nitrogen and oxygen atoms in total. The Bertz CT molecular complexity index is 700. The Morgan fingerprint density at radius 2 is 1.81 bits per heavy atom. The highest BCUT2D eigenvalue weighted by Gasteiger charge is 2.09. The van der Waals surface area contributed by atoms with E-state index in [1.807, 2.05) is 0 Å². The fraction of sp³-hybridized carbons (Fsp3) is 0. The maximum Gasteiger partial charge on any atom is 0.248 e. The summed E-state index contributed by atoms with van der Waals surface area (Å²) in [6.07, 6.45) is 2.77. The number of amides is 1. The van der Waals surface area contributed by atoms with Crippen molar-refractivity contribution in [1.29, 1.82) is 0 Å². The van der Waals surface area contributed by atoms with E-state index >= 15 is 0 Å². The minimum absolute atomic E-state index is 0.00425. The SMILES string of the molecule is Nc1ccc(/C=C/C(=O)Nc2cc(F)c(Br)cc2F)cc1. The van der Waals surface area contributed by atoms with Gasteiger partial charge in [-0.1, -0.05) is 12.1 Å². The highest BCUT2D eigenvalue weighted by atomic mass is 79.9. The molecule has 2 aromatic carbocycles. The van der Waals surface area contributed by atoms with Crippen LogP contribution in [0, 0.1) is 11.6 Å². The molecular weight excluding hydrogens is 342 g/mol. The van der Waals surface area contributed by atoms with Gasteiger partial charge in [0.05, 0.1) is 10.2 Å². The number of halogens is 3. The fourth-order valence-corrected chi connectivity index (χ4v) is 1.89. The molecular formula is C15H11BrF2N2O. The molecule has 0 radical (unpaired) electrons. The molecule has 0 aliphatic carbocycles. The summed E-state index contributed by atoms with van der Waals surface area (Å²) in [6.45, 7) is 0. The Kier molecular flexibility index (Phi) is 4.70. The molecule has 0 aliphatic rings. The lowest BCUT2D eigenvalue weighted by Crippen LogP contribution is -2.09. The van der Waals surface area contributed by atoms with E-state index in [-0.39, 0.29) is 10.2 Å². The summed E-state index contributed by atoms with van der Waals surface area (Å²) in [6, 6.07) is 8.73. The maximum atomic E-state index is 13.5. The number of carbonyl (C=O) groups excluding carboxylic acids is 1.